The number of rotatable bonds is 5. The minimum Gasteiger partial charge on any atom is -0.338 e. The zero-order chi connectivity index (χ0) is 23.5. The fourth-order valence-corrected chi connectivity index (χ4v) is 8.77. The van der Waals surface area contributed by atoms with Crippen LogP contribution in [0.15, 0.2) is 48.5 Å². The highest BCUT2D eigenvalue weighted by molar-refractivity contribution is 5.94. The van der Waals surface area contributed by atoms with Crippen LogP contribution in [0.1, 0.15) is 53.6 Å². The first kappa shape index (κ1) is 22.1. The van der Waals surface area contributed by atoms with E-state index in [4.69, 9.17) is 0 Å². The highest BCUT2D eigenvalue weighted by atomic mass is 19.1. The second-order valence-electron chi connectivity index (χ2n) is 10.8. The van der Waals surface area contributed by atoms with Crippen molar-refractivity contribution >= 4 is 11.6 Å². The number of piperidine rings is 1. The van der Waals surface area contributed by atoms with Gasteiger partial charge >= 0.3 is 0 Å². The Morgan fingerprint density at radius 1 is 1.18 bits per heavy atom. The number of fused-ring (bicyclic) bond motifs is 1. The Morgan fingerprint density at radius 3 is 2.74 bits per heavy atom. The Kier molecular flexibility index (Phi) is 5.23. The molecule has 6 heteroatoms. The van der Waals surface area contributed by atoms with Crippen LogP contribution in [0.4, 0.5) is 10.1 Å². The van der Waals surface area contributed by atoms with E-state index in [0.29, 0.717) is 18.5 Å². The second kappa shape index (κ2) is 8.06. The number of amides is 1. The maximum atomic E-state index is 13.6. The number of alkyl halides is 1. The molecule has 2 aromatic carbocycles. The number of hydrogen-bond acceptors (Lipinski definition) is 4. The van der Waals surface area contributed by atoms with E-state index in [1.807, 2.05) is 48.3 Å². The molecule has 5 atom stereocenters. The molecule has 34 heavy (non-hydrogen) atoms. The fraction of sp³-hybridized carbons (Fsp3) is 0.536. The normalized spacial score (nSPS) is 33.7. The summed E-state index contributed by atoms with van der Waals surface area (Å²) in [6.07, 6.45) is 6.20. The van der Waals surface area contributed by atoms with Crippen LogP contribution in [0.2, 0.25) is 0 Å². The molecule has 1 amide bonds. The summed E-state index contributed by atoms with van der Waals surface area (Å²) in [6.45, 7) is 1.10. The van der Waals surface area contributed by atoms with Gasteiger partial charge in [0.15, 0.2) is 0 Å². The lowest BCUT2D eigenvalue weighted by Gasteiger charge is -2.67. The quantitative estimate of drug-likeness (QED) is 0.634. The van der Waals surface area contributed by atoms with Gasteiger partial charge in [-0.05, 0) is 91.8 Å². The van der Waals surface area contributed by atoms with Crippen LogP contribution in [-0.2, 0) is 11.8 Å². The lowest BCUT2D eigenvalue weighted by molar-refractivity contribution is -0.103. The molecular formula is C28H34FN3O2. The Morgan fingerprint density at radius 2 is 1.97 bits per heavy atom. The third-order valence-corrected chi connectivity index (χ3v) is 9.99. The van der Waals surface area contributed by atoms with Gasteiger partial charge in [0.05, 0.1) is 5.69 Å². The molecule has 5 nitrogen and oxygen atoms in total. The van der Waals surface area contributed by atoms with Crippen LogP contribution >= 0.6 is 0 Å². The largest absolute Gasteiger partial charge is 0.338 e. The van der Waals surface area contributed by atoms with E-state index in [1.54, 1.807) is 0 Å². The lowest BCUT2D eigenvalue weighted by atomic mass is 9.43. The van der Waals surface area contributed by atoms with Gasteiger partial charge in [0.1, 0.15) is 6.67 Å². The molecule has 0 spiro atoms. The topological polar surface area (TPSA) is 55.8 Å². The Hall–Kier alpha value is -2.44. The number of likely N-dealkylation sites (tertiary alicyclic amines) is 1. The molecule has 1 aliphatic heterocycles. The minimum absolute atomic E-state index is 0.0426. The Bertz CT molecular complexity index is 1090. The molecule has 0 aromatic heterocycles. The first-order valence-corrected chi connectivity index (χ1v) is 12.7. The SMILES string of the molecule is CN(C(=O)c1ccccc1)C1CCC23CCC1C21CCN(CCF)C3Cc2ccc(NO)cc21. The van der Waals surface area contributed by atoms with Gasteiger partial charge in [0.25, 0.3) is 5.91 Å². The van der Waals surface area contributed by atoms with Gasteiger partial charge in [-0.15, -0.1) is 0 Å². The zero-order valence-corrected chi connectivity index (χ0v) is 19.8. The predicted octanol–water partition coefficient (Wildman–Crippen LogP) is 4.66. The van der Waals surface area contributed by atoms with Gasteiger partial charge in [0, 0.05) is 36.7 Å². The van der Waals surface area contributed by atoms with Crippen molar-refractivity contribution < 1.29 is 14.4 Å². The molecule has 4 aliphatic rings. The van der Waals surface area contributed by atoms with E-state index in [2.05, 4.69) is 22.5 Å². The van der Waals surface area contributed by atoms with Crippen molar-refractivity contribution in [1.29, 1.82) is 0 Å². The summed E-state index contributed by atoms with van der Waals surface area (Å²) < 4.78 is 13.6. The van der Waals surface area contributed by atoms with E-state index < -0.39 is 0 Å². The zero-order valence-electron chi connectivity index (χ0n) is 19.8. The molecule has 3 aliphatic carbocycles. The predicted molar refractivity (Wildman–Crippen MR) is 130 cm³/mol. The molecule has 0 radical (unpaired) electrons. The van der Waals surface area contributed by atoms with E-state index in [1.165, 1.54) is 11.1 Å². The van der Waals surface area contributed by atoms with Crippen LogP contribution in [0.5, 0.6) is 0 Å². The van der Waals surface area contributed by atoms with E-state index in [0.717, 1.165) is 56.3 Å². The first-order valence-electron chi connectivity index (χ1n) is 12.7. The van der Waals surface area contributed by atoms with E-state index in [9.17, 15) is 14.4 Å². The molecule has 1 heterocycles. The summed E-state index contributed by atoms with van der Waals surface area (Å²) in [5.74, 6) is 0.455. The van der Waals surface area contributed by atoms with Gasteiger partial charge < -0.3 is 4.90 Å². The summed E-state index contributed by atoms with van der Waals surface area (Å²) in [5.41, 5.74) is 6.59. The number of nitrogens with one attached hydrogen (secondary N) is 1. The smallest absolute Gasteiger partial charge is 0.253 e. The monoisotopic (exact) mass is 463 g/mol. The van der Waals surface area contributed by atoms with Crippen LogP contribution in [0.25, 0.3) is 0 Å². The maximum Gasteiger partial charge on any atom is 0.253 e. The third-order valence-electron chi connectivity index (χ3n) is 9.99. The van der Waals surface area contributed by atoms with Crippen molar-refractivity contribution in [1.82, 2.24) is 9.80 Å². The number of carbonyl (C=O) groups excluding carboxylic acids is 1. The van der Waals surface area contributed by atoms with Gasteiger partial charge in [-0.25, -0.2) is 4.39 Å². The van der Waals surface area contributed by atoms with Gasteiger partial charge in [-0.2, -0.15) is 0 Å². The highest BCUT2D eigenvalue weighted by Crippen LogP contribution is 2.72. The average molecular weight is 464 g/mol. The molecule has 180 valence electrons. The molecule has 6 rings (SSSR count). The average Bonchev–Trinajstić information content (AvgIpc) is 3.11. The van der Waals surface area contributed by atoms with Gasteiger partial charge in [0.2, 0.25) is 0 Å². The Balaban J connectivity index is 1.45. The van der Waals surface area contributed by atoms with Crippen LogP contribution in [0, 0.1) is 11.3 Å². The lowest BCUT2D eigenvalue weighted by Crippen LogP contribution is -2.70. The van der Waals surface area contributed by atoms with Crippen molar-refractivity contribution in [2.75, 3.05) is 32.3 Å². The van der Waals surface area contributed by atoms with E-state index >= 15 is 0 Å². The van der Waals surface area contributed by atoms with Crippen molar-refractivity contribution in [3.8, 4) is 0 Å². The number of benzene rings is 2. The maximum absolute atomic E-state index is 13.6. The van der Waals surface area contributed by atoms with Crippen LogP contribution in [0.3, 0.4) is 0 Å². The Labute approximate surface area is 200 Å². The number of hydrogen-bond donors (Lipinski definition) is 2. The van der Waals surface area contributed by atoms with Gasteiger partial charge in [-0.3, -0.25) is 20.4 Å². The molecule has 2 N–H and O–H groups in total. The van der Waals surface area contributed by atoms with Gasteiger partial charge in [-0.1, -0.05) is 24.3 Å². The standard InChI is InChI=1S/C28H34FN3O2/c1-31(26(33)19-5-3-2-4-6-19)24-10-12-27-11-9-22(24)28(27)13-15-32(16-14-29)25(27)17-20-7-8-21(30-34)18-23(20)28/h2-8,18,22,24-25,30,34H,9-17H2,1H3. The number of anilines is 1. The minimum atomic E-state index is -0.305. The molecule has 2 aromatic rings. The third kappa shape index (κ3) is 2.81. The molecular weight excluding hydrogens is 429 g/mol. The van der Waals surface area contributed by atoms with Crippen molar-refractivity contribution in [2.24, 2.45) is 11.3 Å². The van der Waals surface area contributed by atoms with Crippen molar-refractivity contribution in [3.63, 3.8) is 0 Å². The highest BCUT2D eigenvalue weighted by Gasteiger charge is 2.71. The summed E-state index contributed by atoms with van der Waals surface area (Å²) >= 11 is 0. The van der Waals surface area contributed by atoms with Crippen LogP contribution < -0.4 is 5.48 Å². The van der Waals surface area contributed by atoms with Crippen molar-refractivity contribution in [3.05, 3.63) is 65.2 Å². The van der Waals surface area contributed by atoms with Crippen LogP contribution in [-0.4, -0.2) is 59.8 Å². The molecule has 3 fully saturated rings. The molecule has 4 bridgehead atoms. The van der Waals surface area contributed by atoms with E-state index in [-0.39, 0.29) is 29.5 Å². The molecule has 2 saturated carbocycles. The molecule has 1 saturated heterocycles. The fourth-order valence-electron chi connectivity index (χ4n) is 8.77. The number of carbonyl (C=O) groups is 1. The summed E-state index contributed by atoms with van der Waals surface area (Å²) in [7, 11) is 1.98. The summed E-state index contributed by atoms with van der Waals surface area (Å²) in [4.78, 5) is 17.9. The second-order valence-corrected chi connectivity index (χ2v) is 10.8. The summed E-state index contributed by atoms with van der Waals surface area (Å²) in [6, 6.07) is 16.4. The summed E-state index contributed by atoms with van der Waals surface area (Å²) in [5, 5.41) is 9.70. The van der Waals surface area contributed by atoms with Crippen molar-refractivity contribution in [2.45, 2.75) is 56.0 Å². The number of nitrogens with zero attached hydrogens (tertiary/aromatic N) is 2. The number of halogens is 1. The molecule has 5 unspecified atom stereocenters. The first-order chi connectivity index (χ1) is 16.6.